The van der Waals surface area contributed by atoms with Crippen molar-refractivity contribution in [3.8, 4) is 5.75 Å². The van der Waals surface area contributed by atoms with Crippen molar-refractivity contribution in [1.29, 1.82) is 0 Å². The molecule has 29 heavy (non-hydrogen) atoms. The van der Waals surface area contributed by atoms with Crippen LogP contribution in [-0.2, 0) is 5.60 Å². The van der Waals surface area contributed by atoms with Gasteiger partial charge in [-0.2, -0.15) is 0 Å². The Kier molecular flexibility index (Phi) is 4.44. The predicted molar refractivity (Wildman–Crippen MR) is 121 cm³/mol. The van der Waals surface area contributed by atoms with Crippen LogP contribution in [0.5, 0.6) is 5.75 Å². The maximum Gasteiger partial charge on any atom is 0.181 e. The van der Waals surface area contributed by atoms with Gasteiger partial charge >= 0.3 is 0 Å². The van der Waals surface area contributed by atoms with E-state index in [-0.39, 0.29) is 0 Å². The third-order valence-corrected chi connectivity index (χ3v) is 5.83. The number of ether oxygens (including phenoxy) is 1. The summed E-state index contributed by atoms with van der Waals surface area (Å²) in [4.78, 5) is 0. The van der Waals surface area contributed by atoms with Crippen LogP contribution in [0.3, 0.4) is 0 Å². The molecule has 5 rings (SSSR count). The summed E-state index contributed by atoms with van der Waals surface area (Å²) < 4.78 is 7.10. The summed E-state index contributed by atoms with van der Waals surface area (Å²) in [7, 11) is 0. The molecule has 0 aliphatic carbocycles. The Morgan fingerprint density at radius 2 is 1.31 bits per heavy atom. The lowest BCUT2D eigenvalue weighted by molar-refractivity contribution is 0.145. The second-order valence-corrected chi connectivity index (χ2v) is 7.64. The smallest absolute Gasteiger partial charge is 0.181 e. The van der Waals surface area contributed by atoms with E-state index in [0.29, 0.717) is 0 Å². The molecule has 0 amide bonds. The fourth-order valence-corrected chi connectivity index (χ4v) is 4.51. The quantitative estimate of drug-likeness (QED) is 0.361. The third-order valence-electron chi connectivity index (χ3n) is 5.83. The molecule has 0 N–H and O–H groups in total. The first-order valence-corrected chi connectivity index (χ1v) is 10.4. The molecule has 0 radical (unpaired) electrons. The number of rotatable bonds is 4. The van der Waals surface area contributed by atoms with E-state index in [0.717, 1.165) is 29.5 Å². The molecule has 0 fully saturated rings. The molecular weight excluding hydrogens is 352 g/mol. The average molecular weight is 376 g/mol. The van der Waals surface area contributed by atoms with Crippen LogP contribution in [0.4, 0.5) is 0 Å². The van der Waals surface area contributed by atoms with Crippen molar-refractivity contribution in [3.63, 3.8) is 0 Å². The molecule has 0 bridgehead atoms. The third kappa shape index (κ3) is 2.86. The molecule has 0 saturated carbocycles. The van der Waals surface area contributed by atoms with Crippen LogP contribution in [0.2, 0.25) is 0 Å². The van der Waals surface area contributed by atoms with Gasteiger partial charge in [0.05, 0.1) is 0 Å². The normalized spacial score (nSPS) is 14.7. The highest BCUT2D eigenvalue weighted by Gasteiger charge is 2.43. The SMILES string of the molecule is CCCC1=Cc2ccc3ccccc3c2OC1(c1ccccc1)c1ccccc1. The van der Waals surface area contributed by atoms with Crippen molar-refractivity contribution in [3.05, 3.63) is 119 Å². The van der Waals surface area contributed by atoms with Crippen molar-refractivity contribution in [2.45, 2.75) is 25.4 Å². The minimum absolute atomic E-state index is 0.615. The Morgan fingerprint density at radius 1 is 0.690 bits per heavy atom. The van der Waals surface area contributed by atoms with E-state index >= 15 is 0 Å². The minimum atomic E-state index is -0.615. The van der Waals surface area contributed by atoms with Crippen LogP contribution < -0.4 is 4.74 Å². The molecule has 1 nitrogen and oxygen atoms in total. The second kappa shape index (κ2) is 7.25. The minimum Gasteiger partial charge on any atom is -0.472 e. The number of hydrogen-bond acceptors (Lipinski definition) is 1. The zero-order chi connectivity index (χ0) is 19.7. The van der Waals surface area contributed by atoms with Crippen LogP contribution in [0.1, 0.15) is 36.5 Å². The van der Waals surface area contributed by atoms with Gasteiger partial charge in [-0.3, -0.25) is 0 Å². The summed E-state index contributed by atoms with van der Waals surface area (Å²) in [5, 5.41) is 2.36. The van der Waals surface area contributed by atoms with Crippen LogP contribution in [0.25, 0.3) is 16.8 Å². The van der Waals surface area contributed by atoms with Gasteiger partial charge in [0.25, 0.3) is 0 Å². The Labute approximate surface area is 172 Å². The van der Waals surface area contributed by atoms with Gasteiger partial charge in [0, 0.05) is 22.1 Å². The molecule has 0 saturated heterocycles. The summed E-state index contributed by atoms with van der Waals surface area (Å²) >= 11 is 0. The van der Waals surface area contributed by atoms with Gasteiger partial charge in [-0.15, -0.1) is 0 Å². The van der Waals surface area contributed by atoms with Crippen molar-refractivity contribution in [2.24, 2.45) is 0 Å². The largest absolute Gasteiger partial charge is 0.472 e. The summed E-state index contributed by atoms with van der Waals surface area (Å²) in [6.45, 7) is 2.23. The molecule has 4 aromatic carbocycles. The molecule has 0 spiro atoms. The fourth-order valence-electron chi connectivity index (χ4n) is 4.51. The molecular formula is C28H24O. The molecule has 1 aliphatic rings. The van der Waals surface area contributed by atoms with Gasteiger partial charge in [-0.25, -0.2) is 0 Å². The number of benzene rings is 4. The van der Waals surface area contributed by atoms with Crippen LogP contribution in [0.15, 0.2) is 103 Å². The maximum absolute atomic E-state index is 7.10. The lowest BCUT2D eigenvalue weighted by Crippen LogP contribution is -2.38. The first-order valence-electron chi connectivity index (χ1n) is 10.4. The van der Waals surface area contributed by atoms with Gasteiger partial charge in [0.15, 0.2) is 5.60 Å². The van der Waals surface area contributed by atoms with Crippen molar-refractivity contribution in [2.75, 3.05) is 0 Å². The Hall–Kier alpha value is -3.32. The maximum atomic E-state index is 7.10. The molecule has 1 aliphatic heterocycles. The zero-order valence-electron chi connectivity index (χ0n) is 16.6. The van der Waals surface area contributed by atoms with Crippen LogP contribution >= 0.6 is 0 Å². The fraction of sp³-hybridized carbons (Fsp3) is 0.143. The monoisotopic (exact) mass is 376 g/mol. The molecule has 0 unspecified atom stereocenters. The summed E-state index contributed by atoms with van der Waals surface area (Å²) in [6, 6.07) is 34.1. The highest BCUT2D eigenvalue weighted by Crippen LogP contribution is 2.49. The second-order valence-electron chi connectivity index (χ2n) is 7.64. The summed E-state index contributed by atoms with van der Waals surface area (Å²) in [5.41, 5.74) is 4.19. The van der Waals surface area contributed by atoms with Gasteiger partial charge in [0.1, 0.15) is 5.75 Å². The van der Waals surface area contributed by atoms with Crippen molar-refractivity contribution >= 4 is 16.8 Å². The zero-order valence-corrected chi connectivity index (χ0v) is 16.6. The van der Waals surface area contributed by atoms with Gasteiger partial charge < -0.3 is 4.74 Å². The van der Waals surface area contributed by atoms with E-state index < -0.39 is 5.60 Å². The van der Waals surface area contributed by atoms with E-state index in [4.69, 9.17) is 4.74 Å². The van der Waals surface area contributed by atoms with Crippen LogP contribution in [0, 0.1) is 0 Å². The average Bonchev–Trinajstić information content (AvgIpc) is 2.80. The Bertz CT molecular complexity index is 1130. The molecule has 142 valence electrons. The molecule has 4 aromatic rings. The van der Waals surface area contributed by atoms with Gasteiger partial charge in [-0.05, 0) is 23.5 Å². The first kappa shape index (κ1) is 17.8. The molecule has 1 heteroatoms. The van der Waals surface area contributed by atoms with Crippen molar-refractivity contribution < 1.29 is 4.74 Å². The summed E-state index contributed by atoms with van der Waals surface area (Å²) in [6.07, 6.45) is 4.41. The molecule has 0 aromatic heterocycles. The molecule has 0 atom stereocenters. The summed E-state index contributed by atoms with van der Waals surface area (Å²) in [5.74, 6) is 0.968. The lowest BCUT2D eigenvalue weighted by Gasteiger charge is -2.41. The van der Waals surface area contributed by atoms with E-state index in [9.17, 15) is 0 Å². The Balaban J connectivity index is 1.84. The Morgan fingerprint density at radius 3 is 1.97 bits per heavy atom. The number of fused-ring (bicyclic) bond motifs is 3. The highest BCUT2D eigenvalue weighted by atomic mass is 16.5. The van der Waals surface area contributed by atoms with Gasteiger partial charge in [-0.1, -0.05) is 110 Å². The van der Waals surface area contributed by atoms with Gasteiger partial charge in [0.2, 0.25) is 0 Å². The highest BCUT2D eigenvalue weighted by molar-refractivity contribution is 5.93. The van der Waals surface area contributed by atoms with E-state index in [1.807, 2.05) is 0 Å². The predicted octanol–water partition coefficient (Wildman–Crippen LogP) is 7.36. The van der Waals surface area contributed by atoms with Crippen LogP contribution in [-0.4, -0.2) is 0 Å². The van der Waals surface area contributed by atoms with E-state index in [1.165, 1.54) is 22.1 Å². The topological polar surface area (TPSA) is 9.23 Å². The molecule has 1 heterocycles. The number of hydrogen-bond donors (Lipinski definition) is 0. The first-order chi connectivity index (χ1) is 14.3. The van der Waals surface area contributed by atoms with E-state index in [1.54, 1.807) is 0 Å². The van der Waals surface area contributed by atoms with Crippen molar-refractivity contribution in [1.82, 2.24) is 0 Å². The lowest BCUT2D eigenvalue weighted by atomic mass is 9.75. The standard InChI is InChI=1S/C28H24O/c1-2-11-25-20-22-19-18-21-12-9-10-17-26(21)27(22)29-28(25,23-13-5-3-6-14-23)24-15-7-4-8-16-24/h3-10,12-20H,2,11H2,1H3. The van der Waals surface area contributed by atoms with E-state index in [2.05, 4.69) is 110 Å².